The van der Waals surface area contributed by atoms with E-state index in [0.717, 1.165) is 25.3 Å². The van der Waals surface area contributed by atoms with Gasteiger partial charge in [0, 0.05) is 31.8 Å². The predicted molar refractivity (Wildman–Crippen MR) is 61.7 cm³/mol. The highest BCUT2D eigenvalue weighted by Gasteiger charge is 2.20. The van der Waals surface area contributed by atoms with Crippen molar-refractivity contribution in [2.75, 3.05) is 32.1 Å². The van der Waals surface area contributed by atoms with Crippen LogP contribution in [-0.4, -0.2) is 49.0 Å². The highest BCUT2D eigenvalue weighted by atomic mass is 32.2. The van der Waals surface area contributed by atoms with Gasteiger partial charge in [0.25, 0.3) is 0 Å². The molecule has 0 aromatic heterocycles. The molecule has 1 amide bonds. The van der Waals surface area contributed by atoms with Gasteiger partial charge >= 0.3 is 0 Å². The molecule has 4 heteroatoms. The number of amides is 1. The molecule has 1 aliphatic heterocycles. The summed E-state index contributed by atoms with van der Waals surface area (Å²) in [7, 11) is 1.93. The summed E-state index contributed by atoms with van der Waals surface area (Å²) < 4.78 is 0. The number of hydrogen-bond donors (Lipinski definition) is 1. The Balaban J connectivity index is 2.30. The molecule has 0 aromatic rings. The molecule has 0 bridgehead atoms. The van der Waals surface area contributed by atoms with E-state index in [9.17, 15) is 4.79 Å². The summed E-state index contributed by atoms with van der Waals surface area (Å²) in [6.07, 6.45) is 5.04. The summed E-state index contributed by atoms with van der Waals surface area (Å²) >= 11 is 1.73. The topological polar surface area (TPSA) is 32.3 Å². The molecule has 14 heavy (non-hydrogen) atoms. The van der Waals surface area contributed by atoms with E-state index in [0.29, 0.717) is 12.5 Å². The van der Waals surface area contributed by atoms with Crippen molar-refractivity contribution in [1.29, 1.82) is 0 Å². The van der Waals surface area contributed by atoms with E-state index in [-0.39, 0.29) is 5.91 Å². The fraction of sp³-hybridized carbons (Fsp3) is 0.900. The fourth-order valence-corrected chi connectivity index (χ4v) is 2.11. The molecule has 0 spiro atoms. The largest absolute Gasteiger partial charge is 0.341 e. The number of likely N-dealkylation sites (N-methyl/N-ethyl adjacent to an activating group) is 1. The van der Waals surface area contributed by atoms with Crippen LogP contribution < -0.4 is 5.32 Å². The standard InChI is InChI=1S/C10H20N2OS/c1-12(10(13)5-7-14-2)9-4-3-6-11-8-9/h9,11H,3-8H2,1-2H3. The summed E-state index contributed by atoms with van der Waals surface area (Å²) in [4.78, 5) is 13.6. The molecule has 1 rings (SSSR count). The number of piperidine rings is 1. The first kappa shape index (κ1) is 11.9. The summed E-state index contributed by atoms with van der Waals surface area (Å²) in [6.45, 7) is 2.06. The third-order valence-electron chi connectivity index (χ3n) is 2.73. The molecular formula is C10H20N2OS. The minimum atomic E-state index is 0.285. The molecule has 1 fully saturated rings. The van der Waals surface area contributed by atoms with Gasteiger partial charge in [0.1, 0.15) is 0 Å². The van der Waals surface area contributed by atoms with E-state index in [4.69, 9.17) is 0 Å². The lowest BCUT2D eigenvalue weighted by Crippen LogP contribution is -2.46. The van der Waals surface area contributed by atoms with Gasteiger partial charge in [-0.2, -0.15) is 11.8 Å². The fourth-order valence-electron chi connectivity index (χ4n) is 1.73. The Labute approximate surface area is 90.6 Å². The molecule has 82 valence electrons. The maximum Gasteiger partial charge on any atom is 0.223 e. The number of hydrogen-bond acceptors (Lipinski definition) is 3. The van der Waals surface area contributed by atoms with Gasteiger partial charge < -0.3 is 10.2 Å². The Morgan fingerprint density at radius 1 is 1.64 bits per heavy atom. The van der Waals surface area contributed by atoms with Crippen LogP contribution in [0.25, 0.3) is 0 Å². The average Bonchev–Trinajstić information content (AvgIpc) is 2.26. The lowest BCUT2D eigenvalue weighted by molar-refractivity contribution is -0.131. The highest BCUT2D eigenvalue weighted by molar-refractivity contribution is 7.98. The second-order valence-electron chi connectivity index (χ2n) is 3.75. The first-order chi connectivity index (χ1) is 6.75. The number of carbonyl (C=O) groups excluding carboxylic acids is 1. The van der Waals surface area contributed by atoms with Gasteiger partial charge in [-0.15, -0.1) is 0 Å². The molecule has 0 saturated carbocycles. The van der Waals surface area contributed by atoms with Crippen LogP contribution in [0, 0.1) is 0 Å². The molecule has 1 heterocycles. The smallest absolute Gasteiger partial charge is 0.223 e. The lowest BCUT2D eigenvalue weighted by atomic mass is 10.1. The van der Waals surface area contributed by atoms with Gasteiger partial charge in [-0.3, -0.25) is 4.79 Å². The lowest BCUT2D eigenvalue weighted by Gasteiger charge is -2.31. The van der Waals surface area contributed by atoms with Gasteiger partial charge in [-0.1, -0.05) is 0 Å². The van der Waals surface area contributed by atoms with Crippen LogP contribution in [0.4, 0.5) is 0 Å². The monoisotopic (exact) mass is 216 g/mol. The Kier molecular flexibility index (Phi) is 5.33. The van der Waals surface area contributed by atoms with Crippen LogP contribution in [0.5, 0.6) is 0 Å². The van der Waals surface area contributed by atoms with Crippen molar-refractivity contribution in [1.82, 2.24) is 10.2 Å². The Morgan fingerprint density at radius 2 is 2.43 bits per heavy atom. The van der Waals surface area contributed by atoms with E-state index < -0.39 is 0 Å². The molecule has 0 radical (unpaired) electrons. The zero-order valence-electron chi connectivity index (χ0n) is 9.08. The maximum absolute atomic E-state index is 11.7. The second kappa shape index (κ2) is 6.30. The molecule has 1 N–H and O–H groups in total. The molecule has 1 aliphatic rings. The molecule has 1 saturated heterocycles. The van der Waals surface area contributed by atoms with E-state index >= 15 is 0 Å². The Hall–Kier alpha value is -0.220. The minimum Gasteiger partial charge on any atom is -0.341 e. The molecular weight excluding hydrogens is 196 g/mol. The van der Waals surface area contributed by atoms with Crippen molar-refractivity contribution < 1.29 is 4.79 Å². The van der Waals surface area contributed by atoms with Gasteiger partial charge in [-0.25, -0.2) is 0 Å². The normalized spacial score (nSPS) is 22.0. The van der Waals surface area contributed by atoms with Gasteiger partial charge in [0.05, 0.1) is 0 Å². The maximum atomic E-state index is 11.7. The average molecular weight is 216 g/mol. The molecule has 3 nitrogen and oxygen atoms in total. The molecule has 0 aliphatic carbocycles. The van der Waals surface area contributed by atoms with Crippen molar-refractivity contribution in [2.45, 2.75) is 25.3 Å². The third kappa shape index (κ3) is 3.50. The van der Waals surface area contributed by atoms with E-state index in [1.54, 1.807) is 11.8 Å². The predicted octanol–water partition coefficient (Wildman–Crippen LogP) is 0.950. The SMILES string of the molecule is CSCCC(=O)N(C)C1CCCNC1. The second-order valence-corrected chi connectivity index (χ2v) is 4.73. The van der Waals surface area contributed by atoms with Crippen molar-refractivity contribution in [3.63, 3.8) is 0 Å². The summed E-state index contributed by atoms with van der Waals surface area (Å²) in [6, 6.07) is 0.415. The van der Waals surface area contributed by atoms with E-state index in [1.165, 1.54) is 6.42 Å². The number of carbonyl (C=O) groups is 1. The quantitative estimate of drug-likeness (QED) is 0.759. The highest BCUT2D eigenvalue weighted by Crippen LogP contribution is 2.10. The van der Waals surface area contributed by atoms with Gasteiger partial charge in [0.2, 0.25) is 5.91 Å². The summed E-state index contributed by atoms with van der Waals surface area (Å²) in [5.41, 5.74) is 0. The summed E-state index contributed by atoms with van der Waals surface area (Å²) in [5, 5.41) is 3.33. The van der Waals surface area contributed by atoms with Crippen molar-refractivity contribution in [2.24, 2.45) is 0 Å². The van der Waals surface area contributed by atoms with Crippen molar-refractivity contribution in [3.8, 4) is 0 Å². The molecule has 1 unspecified atom stereocenters. The first-order valence-electron chi connectivity index (χ1n) is 5.21. The number of nitrogens with zero attached hydrogens (tertiary/aromatic N) is 1. The summed E-state index contributed by atoms with van der Waals surface area (Å²) in [5.74, 6) is 1.22. The van der Waals surface area contributed by atoms with E-state index in [2.05, 4.69) is 5.32 Å². The minimum absolute atomic E-state index is 0.285. The molecule has 0 aromatic carbocycles. The van der Waals surface area contributed by atoms with Crippen LogP contribution in [0.15, 0.2) is 0 Å². The van der Waals surface area contributed by atoms with Gasteiger partial charge in [0.15, 0.2) is 0 Å². The van der Waals surface area contributed by atoms with Crippen LogP contribution in [0.3, 0.4) is 0 Å². The van der Waals surface area contributed by atoms with Crippen LogP contribution in [0.2, 0.25) is 0 Å². The number of nitrogens with one attached hydrogen (secondary N) is 1. The number of rotatable bonds is 4. The zero-order valence-corrected chi connectivity index (χ0v) is 9.90. The van der Waals surface area contributed by atoms with Crippen molar-refractivity contribution >= 4 is 17.7 Å². The van der Waals surface area contributed by atoms with Crippen LogP contribution >= 0.6 is 11.8 Å². The Bertz CT molecular complexity index is 181. The van der Waals surface area contributed by atoms with Crippen LogP contribution in [-0.2, 0) is 4.79 Å². The first-order valence-corrected chi connectivity index (χ1v) is 6.60. The Morgan fingerprint density at radius 3 is 3.00 bits per heavy atom. The van der Waals surface area contributed by atoms with E-state index in [1.807, 2.05) is 18.2 Å². The zero-order chi connectivity index (χ0) is 10.4. The van der Waals surface area contributed by atoms with Crippen LogP contribution in [0.1, 0.15) is 19.3 Å². The van der Waals surface area contributed by atoms with Gasteiger partial charge in [-0.05, 0) is 25.6 Å². The number of thioether (sulfide) groups is 1. The van der Waals surface area contributed by atoms with Crippen molar-refractivity contribution in [3.05, 3.63) is 0 Å². The molecule has 1 atom stereocenters. The third-order valence-corrected chi connectivity index (χ3v) is 3.34.